The second kappa shape index (κ2) is 7.52. The van der Waals surface area contributed by atoms with E-state index < -0.39 is 11.9 Å². The first-order chi connectivity index (χ1) is 5.36. The zero-order valence-corrected chi connectivity index (χ0v) is 6.61. The van der Waals surface area contributed by atoms with Crippen molar-refractivity contribution < 1.29 is 24.6 Å². The van der Waals surface area contributed by atoms with Gasteiger partial charge in [0.25, 0.3) is 0 Å². The van der Waals surface area contributed by atoms with Gasteiger partial charge in [0, 0.05) is 6.92 Å². The van der Waals surface area contributed by atoms with Gasteiger partial charge in [-0.25, -0.2) is 0 Å². The first-order valence-electron chi connectivity index (χ1n) is 3.06. The minimum atomic E-state index is -1.08. The molecule has 0 aromatic heterocycles. The Morgan fingerprint density at radius 1 is 1.08 bits per heavy atom. The molecule has 0 aliphatic rings. The van der Waals surface area contributed by atoms with Crippen LogP contribution in [0.2, 0.25) is 0 Å². The summed E-state index contributed by atoms with van der Waals surface area (Å²) in [5.41, 5.74) is 4.47. The van der Waals surface area contributed by atoms with E-state index >= 15 is 0 Å². The molecule has 0 rings (SSSR count). The van der Waals surface area contributed by atoms with Crippen molar-refractivity contribution in [1.29, 1.82) is 0 Å². The quantitative estimate of drug-likeness (QED) is 0.533. The molecule has 6 heteroatoms. The highest BCUT2D eigenvalue weighted by atomic mass is 16.4. The minimum Gasteiger partial charge on any atom is -0.481 e. The SMILES string of the molecule is CC(N)=O.O=C(O)CCC(=O)O. The number of nitrogens with two attached hydrogens (primary N) is 1. The number of carboxylic acid groups (broad SMARTS) is 2. The largest absolute Gasteiger partial charge is 0.481 e. The maximum atomic E-state index is 9.64. The third kappa shape index (κ3) is 39.7. The van der Waals surface area contributed by atoms with E-state index in [4.69, 9.17) is 10.2 Å². The lowest BCUT2D eigenvalue weighted by atomic mass is 10.3. The molecule has 0 aromatic carbocycles. The fraction of sp³-hybridized carbons (Fsp3) is 0.500. The number of carbonyl (C=O) groups excluding carboxylic acids is 1. The first kappa shape index (κ1) is 13.0. The van der Waals surface area contributed by atoms with E-state index in [1.54, 1.807) is 0 Å². The van der Waals surface area contributed by atoms with Crippen LogP contribution >= 0.6 is 0 Å². The summed E-state index contributed by atoms with van der Waals surface area (Å²) in [6.07, 6.45) is -0.593. The van der Waals surface area contributed by atoms with E-state index in [0.717, 1.165) is 0 Å². The van der Waals surface area contributed by atoms with Gasteiger partial charge in [0.2, 0.25) is 5.91 Å². The third-order valence-electron chi connectivity index (χ3n) is 0.553. The molecule has 0 aliphatic carbocycles. The van der Waals surface area contributed by atoms with Crippen LogP contribution in [0.1, 0.15) is 19.8 Å². The zero-order valence-electron chi connectivity index (χ0n) is 6.61. The Kier molecular flexibility index (Phi) is 8.16. The lowest BCUT2D eigenvalue weighted by Crippen LogP contribution is -2.01. The Morgan fingerprint density at radius 3 is 1.33 bits per heavy atom. The van der Waals surface area contributed by atoms with Gasteiger partial charge in [0.1, 0.15) is 0 Å². The molecule has 0 fully saturated rings. The monoisotopic (exact) mass is 177 g/mol. The van der Waals surface area contributed by atoms with Crippen molar-refractivity contribution in [2.45, 2.75) is 19.8 Å². The number of aliphatic carboxylic acids is 2. The molecule has 0 radical (unpaired) electrons. The standard InChI is InChI=1S/C4H6O4.C2H5NO/c5-3(6)1-2-4(7)8;1-2(3)4/h1-2H2,(H,5,6)(H,7,8);1H3,(H2,3,4). The van der Waals surface area contributed by atoms with E-state index in [2.05, 4.69) is 5.73 Å². The van der Waals surface area contributed by atoms with E-state index in [9.17, 15) is 14.4 Å². The summed E-state index contributed by atoms with van der Waals surface area (Å²) in [6, 6.07) is 0. The average molecular weight is 177 g/mol. The number of amides is 1. The summed E-state index contributed by atoms with van der Waals surface area (Å²) in [5.74, 6) is -2.49. The van der Waals surface area contributed by atoms with Crippen LogP contribution in [0.15, 0.2) is 0 Å². The molecule has 1 amide bonds. The van der Waals surface area contributed by atoms with E-state index in [0.29, 0.717) is 0 Å². The number of hydrogen-bond acceptors (Lipinski definition) is 3. The van der Waals surface area contributed by atoms with Gasteiger partial charge in [-0.15, -0.1) is 0 Å². The van der Waals surface area contributed by atoms with Crippen LogP contribution in [0.4, 0.5) is 0 Å². The summed E-state index contributed by atoms with van der Waals surface area (Å²) in [7, 11) is 0. The van der Waals surface area contributed by atoms with Crippen LogP contribution in [0.25, 0.3) is 0 Å². The topological polar surface area (TPSA) is 118 Å². The highest BCUT2D eigenvalue weighted by molar-refractivity contribution is 5.75. The molecular weight excluding hydrogens is 166 g/mol. The molecule has 4 N–H and O–H groups in total. The van der Waals surface area contributed by atoms with Crippen molar-refractivity contribution in [3.8, 4) is 0 Å². The Labute approximate surface area is 69.0 Å². The minimum absolute atomic E-state index is 0.296. The molecule has 0 spiro atoms. The van der Waals surface area contributed by atoms with E-state index in [1.165, 1.54) is 6.92 Å². The molecule has 0 heterocycles. The molecule has 0 unspecified atom stereocenters. The van der Waals surface area contributed by atoms with Crippen LogP contribution in [0, 0.1) is 0 Å². The normalized spacial score (nSPS) is 7.75. The van der Waals surface area contributed by atoms with Crippen LogP contribution in [-0.4, -0.2) is 28.1 Å². The van der Waals surface area contributed by atoms with Crippen LogP contribution < -0.4 is 5.73 Å². The van der Waals surface area contributed by atoms with Gasteiger partial charge in [-0.3, -0.25) is 14.4 Å². The summed E-state index contributed by atoms with van der Waals surface area (Å²) < 4.78 is 0. The second-order valence-electron chi connectivity index (χ2n) is 1.90. The number of rotatable bonds is 3. The third-order valence-corrected chi connectivity index (χ3v) is 0.553. The highest BCUT2D eigenvalue weighted by Gasteiger charge is 2.00. The Hall–Kier alpha value is -1.59. The van der Waals surface area contributed by atoms with Gasteiger partial charge in [-0.1, -0.05) is 0 Å². The smallest absolute Gasteiger partial charge is 0.303 e. The molecule has 0 saturated heterocycles. The number of primary amides is 1. The zero-order chi connectivity index (χ0) is 10.1. The van der Waals surface area contributed by atoms with Crippen molar-refractivity contribution in [3.63, 3.8) is 0 Å². The Balaban J connectivity index is 0. The lowest BCUT2D eigenvalue weighted by Gasteiger charge is -1.85. The summed E-state index contributed by atoms with van der Waals surface area (Å²) in [4.78, 5) is 28.5. The molecule has 0 bridgehead atoms. The predicted octanol–water partition coefficient (Wildman–Crippen LogP) is -0.573. The molecule has 6 nitrogen and oxygen atoms in total. The van der Waals surface area contributed by atoms with Crippen molar-refractivity contribution in [1.82, 2.24) is 0 Å². The molecule has 0 atom stereocenters. The lowest BCUT2D eigenvalue weighted by molar-refractivity contribution is -0.143. The Bertz CT molecular complexity index is 159. The van der Waals surface area contributed by atoms with Crippen LogP contribution in [0.3, 0.4) is 0 Å². The van der Waals surface area contributed by atoms with E-state index in [-0.39, 0.29) is 18.7 Å². The van der Waals surface area contributed by atoms with Crippen LogP contribution in [0.5, 0.6) is 0 Å². The molecular formula is C6H11NO5. The van der Waals surface area contributed by atoms with Gasteiger partial charge < -0.3 is 15.9 Å². The van der Waals surface area contributed by atoms with Gasteiger partial charge >= 0.3 is 11.9 Å². The van der Waals surface area contributed by atoms with Crippen LogP contribution in [-0.2, 0) is 14.4 Å². The maximum Gasteiger partial charge on any atom is 0.303 e. The number of carboxylic acids is 2. The van der Waals surface area contributed by atoms with Gasteiger partial charge in [0.15, 0.2) is 0 Å². The summed E-state index contributed by atoms with van der Waals surface area (Å²) in [6.45, 7) is 1.31. The van der Waals surface area contributed by atoms with Gasteiger partial charge in [0.05, 0.1) is 12.8 Å². The fourth-order valence-corrected chi connectivity index (χ4v) is 0.214. The summed E-state index contributed by atoms with van der Waals surface area (Å²) >= 11 is 0. The molecule has 0 saturated carbocycles. The average Bonchev–Trinajstić information content (AvgIpc) is 1.82. The molecule has 12 heavy (non-hydrogen) atoms. The molecule has 70 valence electrons. The Morgan fingerprint density at radius 2 is 1.25 bits per heavy atom. The van der Waals surface area contributed by atoms with E-state index in [1.807, 2.05) is 0 Å². The predicted molar refractivity (Wildman–Crippen MR) is 39.4 cm³/mol. The molecule has 0 aliphatic heterocycles. The second-order valence-corrected chi connectivity index (χ2v) is 1.90. The van der Waals surface area contributed by atoms with Gasteiger partial charge in [-0.05, 0) is 0 Å². The van der Waals surface area contributed by atoms with Crippen molar-refractivity contribution in [2.24, 2.45) is 5.73 Å². The molecule has 0 aromatic rings. The number of carbonyl (C=O) groups is 3. The van der Waals surface area contributed by atoms with Crippen molar-refractivity contribution in [2.75, 3.05) is 0 Å². The fourth-order valence-electron chi connectivity index (χ4n) is 0.214. The van der Waals surface area contributed by atoms with Crippen molar-refractivity contribution >= 4 is 17.8 Å². The first-order valence-corrected chi connectivity index (χ1v) is 3.06. The highest BCUT2D eigenvalue weighted by Crippen LogP contribution is 1.86. The number of hydrogen-bond donors (Lipinski definition) is 3. The maximum absolute atomic E-state index is 9.64. The summed E-state index contributed by atoms with van der Waals surface area (Å²) in [5, 5.41) is 15.8. The van der Waals surface area contributed by atoms with Crippen molar-refractivity contribution in [3.05, 3.63) is 0 Å². The van der Waals surface area contributed by atoms with Gasteiger partial charge in [-0.2, -0.15) is 0 Å².